The summed E-state index contributed by atoms with van der Waals surface area (Å²) in [5, 5.41) is 19.6. The van der Waals surface area contributed by atoms with Gasteiger partial charge < -0.3 is 29.4 Å². The van der Waals surface area contributed by atoms with Gasteiger partial charge >= 0.3 is 0 Å². The molecule has 2 N–H and O–H groups in total. The monoisotopic (exact) mass is 600 g/mol. The Morgan fingerprint density at radius 1 is 1.02 bits per heavy atom. The van der Waals surface area contributed by atoms with Crippen molar-refractivity contribution in [1.29, 1.82) is 0 Å². The second-order valence-electron chi connectivity index (χ2n) is 9.64. The summed E-state index contributed by atoms with van der Waals surface area (Å²) in [5.74, 6) is 0.231. The molecule has 0 spiro atoms. The molecule has 2 atom stereocenters. The second-order valence-corrected chi connectivity index (χ2v) is 9.64. The van der Waals surface area contributed by atoms with Gasteiger partial charge in [0.05, 0.1) is 13.2 Å². The summed E-state index contributed by atoms with van der Waals surface area (Å²) in [7, 11) is 2.91. The van der Waals surface area contributed by atoms with E-state index < -0.39 is 23.8 Å². The lowest BCUT2D eigenvalue weighted by Gasteiger charge is -2.32. The fourth-order valence-electron chi connectivity index (χ4n) is 4.80. The van der Waals surface area contributed by atoms with Crippen LogP contribution in [0.5, 0.6) is 5.75 Å². The van der Waals surface area contributed by atoms with Crippen molar-refractivity contribution in [3.8, 4) is 5.75 Å². The van der Waals surface area contributed by atoms with E-state index in [9.17, 15) is 15.9 Å². The van der Waals surface area contributed by atoms with Crippen molar-refractivity contribution >= 4 is 23.2 Å². The van der Waals surface area contributed by atoms with E-state index in [2.05, 4.69) is 25.4 Å². The molecule has 0 unspecified atom stereocenters. The van der Waals surface area contributed by atoms with Crippen LogP contribution in [0.4, 0.5) is 11.4 Å². The molecule has 44 heavy (non-hydrogen) atoms. The van der Waals surface area contributed by atoms with Gasteiger partial charge in [0.1, 0.15) is 5.75 Å². The van der Waals surface area contributed by atoms with Gasteiger partial charge in [0.2, 0.25) is 5.90 Å². The normalized spacial score (nSPS) is 17.2. The van der Waals surface area contributed by atoms with E-state index in [1.54, 1.807) is 72.8 Å². The Kier molecular flexibility index (Phi) is 11.1. The second kappa shape index (κ2) is 15.4. The molecule has 4 rings (SSSR count). The van der Waals surface area contributed by atoms with E-state index in [1.165, 1.54) is 14.2 Å². The van der Waals surface area contributed by atoms with Crippen molar-refractivity contribution in [1.82, 2.24) is 5.32 Å². The van der Waals surface area contributed by atoms with Crippen LogP contribution in [0.2, 0.25) is 0 Å². The van der Waals surface area contributed by atoms with Crippen LogP contribution in [-0.4, -0.2) is 62.7 Å². The molecular weight excluding hydrogens is 568 g/mol. The van der Waals surface area contributed by atoms with Crippen molar-refractivity contribution in [2.24, 2.45) is 15.2 Å². The molecule has 0 saturated heterocycles. The number of nitrogens with zero attached hydrogens (tertiary/aromatic N) is 7. The minimum absolute atomic E-state index is 0.00101. The Bertz CT molecular complexity index is 1570. The van der Waals surface area contributed by atoms with E-state index in [1.807, 2.05) is 0 Å². The predicted octanol–water partition coefficient (Wildman–Crippen LogP) is 5.57. The number of amides is 1. The van der Waals surface area contributed by atoms with Crippen LogP contribution in [0.25, 0.3) is 20.9 Å². The summed E-state index contributed by atoms with van der Waals surface area (Å²) >= 11 is 0. The molecule has 1 aliphatic heterocycles. The first-order chi connectivity index (χ1) is 21.5. The molecule has 1 amide bonds. The maximum Gasteiger partial charge on any atom is 0.252 e. The highest BCUT2D eigenvalue weighted by molar-refractivity contribution is 6.01. The van der Waals surface area contributed by atoms with Crippen molar-refractivity contribution in [2.75, 3.05) is 34.0 Å². The fraction of sp³-hybridized carbons (Fsp3) is 0.333. The number of rotatable bonds is 15. The SMILES string of the molecule is COC(CNC(=O)[C@]1(Cc2ccccc2N=[N+]=[N-])N=C(c2ccc(OCCCO)cc2)O[C@@H]1c1ccccc1N=[N+]=[N-])OC. The first-order valence-electron chi connectivity index (χ1n) is 13.7. The van der Waals surface area contributed by atoms with Gasteiger partial charge in [-0.2, -0.15) is 0 Å². The van der Waals surface area contributed by atoms with Crippen molar-refractivity contribution < 1.29 is 28.8 Å². The lowest BCUT2D eigenvalue weighted by atomic mass is 9.81. The molecule has 14 heteroatoms. The first-order valence-corrected chi connectivity index (χ1v) is 13.7. The van der Waals surface area contributed by atoms with Crippen molar-refractivity contribution in [3.63, 3.8) is 0 Å². The number of benzene rings is 3. The molecule has 14 nitrogen and oxygen atoms in total. The van der Waals surface area contributed by atoms with E-state index in [0.29, 0.717) is 41.2 Å². The number of carbonyl (C=O) groups is 1. The van der Waals surface area contributed by atoms with Crippen LogP contribution in [0.1, 0.15) is 29.2 Å². The van der Waals surface area contributed by atoms with Crippen molar-refractivity contribution in [3.05, 3.63) is 110 Å². The number of methoxy groups -OCH3 is 2. The molecule has 0 radical (unpaired) electrons. The topological polar surface area (TPSA) is 196 Å². The van der Waals surface area contributed by atoms with E-state index in [4.69, 9.17) is 29.0 Å². The van der Waals surface area contributed by atoms with Gasteiger partial charge in [-0.25, -0.2) is 4.99 Å². The standard InChI is InChI=1S/C30H32N8O6/c1-41-26(42-2)19-33-29(40)30(18-21-8-3-5-10-24(21)35-37-31)27(23-9-4-6-11-25(23)36-38-32)44-28(34-30)20-12-14-22(15-13-20)43-17-7-16-39/h3-6,8-15,26-27,39H,7,16-19H2,1-2H3,(H,33,40)/t27-,30-/m1/s1. The molecular formula is C30H32N8O6. The van der Waals surface area contributed by atoms with Crippen LogP contribution >= 0.6 is 0 Å². The molecule has 0 fully saturated rings. The maximum absolute atomic E-state index is 14.4. The largest absolute Gasteiger partial charge is 0.494 e. The Morgan fingerprint density at radius 3 is 2.36 bits per heavy atom. The van der Waals surface area contributed by atoms with Gasteiger partial charge in [-0.05, 0) is 40.9 Å². The molecule has 1 aliphatic rings. The summed E-state index contributed by atoms with van der Waals surface area (Å²) in [6, 6.07) is 20.6. The van der Waals surface area contributed by atoms with Gasteiger partial charge in [-0.1, -0.05) is 58.8 Å². The minimum atomic E-state index is -1.67. The third kappa shape index (κ3) is 7.27. The number of ether oxygens (including phenoxy) is 4. The molecule has 3 aromatic carbocycles. The summed E-state index contributed by atoms with van der Waals surface area (Å²) < 4.78 is 22.7. The number of aliphatic hydroxyl groups excluding tert-OH is 1. The van der Waals surface area contributed by atoms with E-state index in [0.717, 1.165) is 0 Å². The zero-order valence-electron chi connectivity index (χ0n) is 24.2. The third-order valence-corrected chi connectivity index (χ3v) is 6.96. The Morgan fingerprint density at radius 2 is 1.68 bits per heavy atom. The zero-order chi connectivity index (χ0) is 31.4. The number of azide groups is 2. The molecule has 0 aromatic heterocycles. The lowest BCUT2D eigenvalue weighted by molar-refractivity contribution is -0.134. The summed E-state index contributed by atoms with van der Waals surface area (Å²) in [6.45, 7) is 0.369. The van der Waals surface area contributed by atoms with Crippen LogP contribution < -0.4 is 10.1 Å². The van der Waals surface area contributed by atoms with Gasteiger partial charge in [-0.15, -0.1) is 0 Å². The Balaban J connectivity index is 1.88. The number of aliphatic hydroxyl groups is 1. The highest BCUT2D eigenvalue weighted by Crippen LogP contribution is 2.46. The quantitative estimate of drug-likeness (QED) is 0.0752. The third-order valence-electron chi connectivity index (χ3n) is 6.96. The molecule has 0 aliphatic carbocycles. The molecule has 1 heterocycles. The number of aliphatic imine (C=N–C) groups is 1. The van der Waals surface area contributed by atoms with Gasteiger partial charge in [0, 0.05) is 66.0 Å². The number of nitrogens with one attached hydrogen (secondary N) is 1. The number of hydrogen-bond donors (Lipinski definition) is 2. The Labute approximate surface area is 253 Å². The van der Waals surface area contributed by atoms with Crippen LogP contribution in [0, 0.1) is 0 Å². The fourth-order valence-corrected chi connectivity index (χ4v) is 4.80. The van der Waals surface area contributed by atoms with Crippen molar-refractivity contribution in [2.45, 2.75) is 30.8 Å². The number of carbonyl (C=O) groups excluding carboxylic acids is 1. The average Bonchev–Trinajstić information content (AvgIpc) is 3.43. The summed E-state index contributed by atoms with van der Waals surface area (Å²) in [5.41, 5.74) is 19.0. The predicted molar refractivity (Wildman–Crippen MR) is 162 cm³/mol. The van der Waals surface area contributed by atoms with Gasteiger partial charge in [0.25, 0.3) is 5.91 Å². The summed E-state index contributed by atoms with van der Waals surface area (Å²) in [6.07, 6.45) is -1.35. The molecule has 0 bridgehead atoms. The smallest absolute Gasteiger partial charge is 0.252 e. The van der Waals surface area contributed by atoms with Gasteiger partial charge in [0.15, 0.2) is 17.9 Å². The van der Waals surface area contributed by atoms with Crippen LogP contribution in [0.3, 0.4) is 0 Å². The maximum atomic E-state index is 14.4. The highest BCUT2D eigenvalue weighted by atomic mass is 16.7. The van der Waals surface area contributed by atoms with E-state index >= 15 is 0 Å². The average molecular weight is 601 g/mol. The zero-order valence-corrected chi connectivity index (χ0v) is 24.2. The highest BCUT2D eigenvalue weighted by Gasteiger charge is 2.54. The Hall–Kier alpha value is -5.10. The van der Waals surface area contributed by atoms with Crippen LogP contribution in [0.15, 0.2) is 88.0 Å². The lowest BCUT2D eigenvalue weighted by Crippen LogP contribution is -2.51. The summed E-state index contributed by atoms with van der Waals surface area (Å²) in [4.78, 5) is 25.2. The molecule has 0 saturated carbocycles. The van der Waals surface area contributed by atoms with Gasteiger partial charge in [-0.3, -0.25) is 4.79 Å². The molecule has 3 aromatic rings. The van der Waals surface area contributed by atoms with E-state index in [-0.39, 0.29) is 31.2 Å². The molecule has 228 valence electrons. The first kappa shape index (κ1) is 31.8. The minimum Gasteiger partial charge on any atom is -0.494 e. The van der Waals surface area contributed by atoms with Crippen LogP contribution in [-0.2, 0) is 25.4 Å². The number of hydrogen-bond acceptors (Lipinski definition) is 9.